The molecule has 1 aliphatic heterocycles. The molecule has 28 heavy (non-hydrogen) atoms. The molecule has 0 bridgehead atoms. The molecule has 0 aliphatic carbocycles. The standard InChI is InChI=1S/C20H19N3O3S2/c1-13-11-28-20-21-14(10-17(24)23(13)20)12-27-9-5-4-8-22-18(25)15-6-2-3-7-16(15)19(22)26/h2-3,6-7,10-11H,4-5,8-9,12H2,1H3. The number of nitrogens with zero attached hydrogens (tertiary/aromatic N) is 3. The number of benzene rings is 1. The molecule has 3 aromatic rings. The van der Waals surface area contributed by atoms with Crippen molar-refractivity contribution in [1.82, 2.24) is 14.3 Å². The van der Waals surface area contributed by atoms with Gasteiger partial charge >= 0.3 is 0 Å². The summed E-state index contributed by atoms with van der Waals surface area (Å²) < 4.78 is 1.63. The van der Waals surface area contributed by atoms with Gasteiger partial charge in [-0.15, -0.1) is 11.3 Å². The third-order valence-electron chi connectivity index (χ3n) is 4.68. The Morgan fingerprint density at radius 3 is 2.50 bits per heavy atom. The molecule has 1 aromatic carbocycles. The molecule has 8 heteroatoms. The lowest BCUT2D eigenvalue weighted by Crippen LogP contribution is -2.30. The molecule has 6 nitrogen and oxygen atoms in total. The molecule has 0 fully saturated rings. The van der Waals surface area contributed by atoms with Crippen molar-refractivity contribution in [3.63, 3.8) is 0 Å². The molecule has 0 saturated carbocycles. The molecule has 0 unspecified atom stereocenters. The van der Waals surface area contributed by atoms with Crippen LogP contribution in [0.4, 0.5) is 0 Å². The van der Waals surface area contributed by atoms with E-state index in [9.17, 15) is 14.4 Å². The highest BCUT2D eigenvalue weighted by molar-refractivity contribution is 7.98. The summed E-state index contributed by atoms with van der Waals surface area (Å²) in [6.45, 7) is 2.34. The SMILES string of the molecule is Cc1csc2nc(CSCCCCN3C(=O)c4ccccc4C3=O)cc(=O)n12. The van der Waals surface area contributed by atoms with E-state index in [0.29, 0.717) is 23.4 Å². The quantitative estimate of drug-likeness (QED) is 0.439. The Bertz CT molecular complexity index is 1080. The maximum atomic E-state index is 12.3. The number of aryl methyl sites for hydroxylation is 1. The second-order valence-electron chi connectivity index (χ2n) is 6.65. The summed E-state index contributed by atoms with van der Waals surface area (Å²) in [7, 11) is 0. The van der Waals surface area contributed by atoms with Crippen LogP contribution in [-0.2, 0) is 5.75 Å². The summed E-state index contributed by atoms with van der Waals surface area (Å²) in [6.07, 6.45) is 1.65. The number of thiazole rings is 1. The zero-order chi connectivity index (χ0) is 19.7. The van der Waals surface area contributed by atoms with E-state index in [0.717, 1.165) is 34.9 Å². The number of hydrogen-bond acceptors (Lipinski definition) is 6. The zero-order valence-corrected chi connectivity index (χ0v) is 17.0. The first-order valence-electron chi connectivity index (χ1n) is 9.06. The summed E-state index contributed by atoms with van der Waals surface area (Å²) in [6, 6.07) is 8.55. The second-order valence-corrected chi connectivity index (χ2v) is 8.59. The maximum Gasteiger partial charge on any atom is 0.261 e. The molecule has 2 amide bonds. The third kappa shape index (κ3) is 3.49. The molecule has 0 atom stereocenters. The minimum atomic E-state index is -0.197. The van der Waals surface area contributed by atoms with E-state index in [1.807, 2.05) is 12.3 Å². The Kier molecular flexibility index (Phi) is 5.32. The average molecular weight is 414 g/mol. The second kappa shape index (κ2) is 7.89. The van der Waals surface area contributed by atoms with Crippen LogP contribution >= 0.6 is 23.1 Å². The van der Waals surface area contributed by atoms with Gasteiger partial charge in [-0.1, -0.05) is 12.1 Å². The maximum absolute atomic E-state index is 12.3. The van der Waals surface area contributed by atoms with Gasteiger partial charge in [0, 0.05) is 29.4 Å². The highest BCUT2D eigenvalue weighted by Crippen LogP contribution is 2.23. The zero-order valence-electron chi connectivity index (χ0n) is 15.4. The van der Waals surface area contributed by atoms with Gasteiger partial charge in [0.1, 0.15) is 0 Å². The largest absolute Gasteiger partial charge is 0.274 e. The first kappa shape index (κ1) is 18.9. The molecular formula is C20H19N3O3S2. The lowest BCUT2D eigenvalue weighted by atomic mass is 10.1. The van der Waals surface area contributed by atoms with Gasteiger partial charge in [0.25, 0.3) is 17.4 Å². The Morgan fingerprint density at radius 1 is 1.07 bits per heavy atom. The lowest BCUT2D eigenvalue weighted by Gasteiger charge is -2.13. The van der Waals surface area contributed by atoms with Crippen LogP contribution < -0.4 is 5.56 Å². The highest BCUT2D eigenvalue weighted by atomic mass is 32.2. The van der Waals surface area contributed by atoms with Crippen molar-refractivity contribution in [3.05, 3.63) is 68.6 Å². The molecule has 2 aromatic heterocycles. The van der Waals surface area contributed by atoms with Crippen LogP contribution in [0.1, 0.15) is 44.9 Å². The van der Waals surface area contributed by atoms with E-state index < -0.39 is 0 Å². The number of amides is 2. The summed E-state index contributed by atoms with van der Waals surface area (Å²) >= 11 is 3.18. The van der Waals surface area contributed by atoms with Crippen LogP contribution in [0.3, 0.4) is 0 Å². The predicted octanol–water partition coefficient (Wildman–Crippen LogP) is 3.37. The number of unbranched alkanes of at least 4 members (excludes halogenated alkanes) is 1. The Hall–Kier alpha value is -2.45. The number of fused-ring (bicyclic) bond motifs is 2. The Balaban J connectivity index is 1.25. The van der Waals surface area contributed by atoms with Crippen LogP contribution in [-0.4, -0.2) is 38.4 Å². The van der Waals surface area contributed by atoms with Gasteiger partial charge in [0.05, 0.1) is 16.8 Å². The molecule has 0 radical (unpaired) electrons. The summed E-state index contributed by atoms with van der Waals surface area (Å²) in [5.74, 6) is 1.17. The van der Waals surface area contributed by atoms with Gasteiger partial charge in [0.15, 0.2) is 4.96 Å². The molecule has 144 valence electrons. The van der Waals surface area contributed by atoms with E-state index >= 15 is 0 Å². The summed E-state index contributed by atoms with van der Waals surface area (Å²) in [5.41, 5.74) is 2.66. The van der Waals surface area contributed by atoms with Crippen molar-refractivity contribution < 1.29 is 9.59 Å². The Labute approximate surface area is 170 Å². The van der Waals surface area contributed by atoms with Gasteiger partial charge in [-0.05, 0) is 37.7 Å². The van der Waals surface area contributed by atoms with Crippen molar-refractivity contribution in [1.29, 1.82) is 0 Å². The minimum Gasteiger partial charge on any atom is -0.274 e. The Morgan fingerprint density at radius 2 is 1.79 bits per heavy atom. The number of hydrogen-bond donors (Lipinski definition) is 0. The predicted molar refractivity (Wildman–Crippen MR) is 111 cm³/mol. The smallest absolute Gasteiger partial charge is 0.261 e. The first-order valence-corrected chi connectivity index (χ1v) is 11.1. The summed E-state index contributed by atoms with van der Waals surface area (Å²) in [4.78, 5) is 43.4. The molecule has 0 spiro atoms. The van der Waals surface area contributed by atoms with Gasteiger partial charge < -0.3 is 0 Å². The van der Waals surface area contributed by atoms with Crippen LogP contribution in [0.2, 0.25) is 0 Å². The average Bonchev–Trinajstić information content (AvgIpc) is 3.18. The molecular weight excluding hydrogens is 394 g/mol. The van der Waals surface area contributed by atoms with Crippen molar-refractivity contribution in [2.45, 2.75) is 25.5 Å². The number of imide groups is 1. The number of carbonyl (C=O) groups excluding carboxylic acids is 2. The third-order valence-corrected chi connectivity index (χ3v) is 6.70. The number of aromatic nitrogens is 2. The van der Waals surface area contributed by atoms with Crippen LogP contribution in [0, 0.1) is 6.92 Å². The topological polar surface area (TPSA) is 71.8 Å². The van der Waals surface area contributed by atoms with E-state index in [1.165, 1.54) is 16.2 Å². The van der Waals surface area contributed by atoms with Crippen molar-refractivity contribution >= 4 is 39.9 Å². The fourth-order valence-electron chi connectivity index (χ4n) is 3.27. The van der Waals surface area contributed by atoms with E-state index in [2.05, 4.69) is 4.98 Å². The number of thioether (sulfide) groups is 1. The van der Waals surface area contributed by atoms with Crippen LogP contribution in [0.15, 0.2) is 40.5 Å². The van der Waals surface area contributed by atoms with Crippen LogP contribution in [0.25, 0.3) is 4.96 Å². The van der Waals surface area contributed by atoms with E-state index in [-0.39, 0.29) is 17.4 Å². The normalized spacial score (nSPS) is 13.5. The first-order chi connectivity index (χ1) is 13.6. The number of rotatable bonds is 7. The fourth-order valence-corrected chi connectivity index (χ4v) is 5.07. The molecule has 4 rings (SSSR count). The van der Waals surface area contributed by atoms with Crippen LogP contribution in [0.5, 0.6) is 0 Å². The van der Waals surface area contributed by atoms with Crippen molar-refractivity contribution in [2.24, 2.45) is 0 Å². The fraction of sp³-hybridized carbons (Fsp3) is 0.300. The van der Waals surface area contributed by atoms with Gasteiger partial charge in [0.2, 0.25) is 0 Å². The van der Waals surface area contributed by atoms with Gasteiger partial charge in [-0.25, -0.2) is 4.98 Å². The van der Waals surface area contributed by atoms with E-state index in [1.54, 1.807) is 46.5 Å². The molecule has 3 heterocycles. The van der Waals surface area contributed by atoms with Gasteiger partial charge in [-0.2, -0.15) is 11.8 Å². The van der Waals surface area contributed by atoms with Gasteiger partial charge in [-0.3, -0.25) is 23.7 Å². The highest BCUT2D eigenvalue weighted by Gasteiger charge is 2.34. The van der Waals surface area contributed by atoms with E-state index in [4.69, 9.17) is 0 Å². The minimum absolute atomic E-state index is 0.0371. The lowest BCUT2D eigenvalue weighted by molar-refractivity contribution is 0.0652. The molecule has 0 saturated heterocycles. The van der Waals surface area contributed by atoms with Crippen molar-refractivity contribution in [3.8, 4) is 0 Å². The monoisotopic (exact) mass is 413 g/mol. The summed E-state index contributed by atoms with van der Waals surface area (Å²) in [5, 5.41) is 1.93. The molecule has 0 N–H and O–H groups in total. The molecule has 1 aliphatic rings. The van der Waals surface area contributed by atoms with Crippen molar-refractivity contribution in [2.75, 3.05) is 12.3 Å². The number of carbonyl (C=O) groups is 2.